The molecule has 0 saturated carbocycles. The summed E-state index contributed by atoms with van der Waals surface area (Å²) in [5.41, 5.74) is 10.00. The molecule has 79 heavy (non-hydrogen) atoms. The molecule has 9 heteroatoms. The second-order valence-electron chi connectivity index (χ2n) is 18.0. The zero-order chi connectivity index (χ0) is 55.3. The van der Waals surface area contributed by atoms with E-state index in [1.54, 1.807) is 102 Å². The van der Waals surface area contributed by atoms with Gasteiger partial charge < -0.3 is 0 Å². The van der Waals surface area contributed by atoms with Gasteiger partial charge in [0.15, 0.2) is 0 Å². The van der Waals surface area contributed by atoms with Gasteiger partial charge in [-0.15, -0.1) is 102 Å². The van der Waals surface area contributed by atoms with Gasteiger partial charge in [0.05, 0.1) is 78.0 Å². The summed E-state index contributed by atoms with van der Waals surface area (Å²) in [6.45, 7) is 19.7. The Morgan fingerprint density at radius 2 is 0.468 bits per heavy atom. The number of aryl methyl sites for hydroxylation is 9. The van der Waals surface area contributed by atoms with Crippen molar-refractivity contribution in [1.82, 2.24) is 0 Å². The third kappa shape index (κ3) is 14.6. The highest BCUT2D eigenvalue weighted by Crippen LogP contribution is 2.30. The van der Waals surface area contributed by atoms with Crippen LogP contribution in [0.25, 0.3) is 0 Å². The lowest BCUT2D eigenvalue weighted by atomic mass is 10.1. The molecule has 0 aliphatic heterocycles. The van der Waals surface area contributed by atoms with Gasteiger partial charge in [-0.25, -0.2) is 0 Å². The van der Waals surface area contributed by atoms with Crippen LogP contribution in [0.1, 0.15) is 190 Å². The van der Waals surface area contributed by atoms with Crippen molar-refractivity contribution < 1.29 is 0 Å². The van der Waals surface area contributed by atoms with E-state index >= 15 is 0 Å². The van der Waals surface area contributed by atoms with Crippen LogP contribution in [0, 0.1) is 94.7 Å². The molecule has 0 amide bonds. The van der Waals surface area contributed by atoms with Crippen LogP contribution >= 0.6 is 102 Å². The lowest BCUT2D eigenvalue weighted by molar-refractivity contribution is 1.15. The maximum absolute atomic E-state index is 3.53. The summed E-state index contributed by atoms with van der Waals surface area (Å²) in [6, 6.07) is 22.0. The molecule has 9 aromatic rings. The minimum Gasteiger partial charge on any atom is -0.135 e. The minimum absolute atomic E-state index is 0.893. The average molecular weight is 1190 g/mol. The summed E-state index contributed by atoms with van der Waals surface area (Å²) in [5.74, 6) is 55.7. The van der Waals surface area contributed by atoms with Crippen LogP contribution in [-0.2, 0) is 57.8 Å². The Labute approximate surface area is 505 Å². The monoisotopic (exact) mass is 1180 g/mol. The van der Waals surface area contributed by atoms with Crippen molar-refractivity contribution in [3.8, 4) is 94.7 Å². The first-order valence-corrected chi connectivity index (χ1v) is 34.2. The Hall–Kier alpha value is -6.22. The van der Waals surface area contributed by atoms with Gasteiger partial charge in [0, 0.05) is 4.88 Å². The van der Waals surface area contributed by atoms with E-state index < -0.39 is 0 Å². The van der Waals surface area contributed by atoms with Crippen LogP contribution in [0.3, 0.4) is 0 Å². The Kier molecular flexibility index (Phi) is 20.2. The largest absolute Gasteiger partial charge is 0.135 e. The lowest BCUT2D eigenvalue weighted by Gasteiger charge is -1.89. The summed E-state index contributed by atoms with van der Waals surface area (Å²) >= 11 is 15.3. The molecule has 9 heterocycles. The Balaban J connectivity index is 0.870. The molecule has 9 aromatic heterocycles. The van der Waals surface area contributed by atoms with Crippen LogP contribution in [0.2, 0.25) is 0 Å². The van der Waals surface area contributed by atoms with Crippen molar-refractivity contribution in [2.75, 3.05) is 0 Å². The van der Waals surface area contributed by atoms with Gasteiger partial charge in [-0.05, 0) is 263 Å². The molecule has 390 valence electrons. The maximum atomic E-state index is 3.53. The van der Waals surface area contributed by atoms with E-state index in [2.05, 4.69) is 223 Å². The molecule has 0 radical (unpaired) electrons. The maximum Gasteiger partial charge on any atom is 0.0817 e. The molecule has 0 nitrogen and oxygen atoms in total. The topological polar surface area (TPSA) is 0 Å². The van der Waals surface area contributed by atoms with E-state index in [1.807, 2.05) is 0 Å². The predicted octanol–water partition coefficient (Wildman–Crippen LogP) is 18.5. The minimum atomic E-state index is 0.893. The van der Waals surface area contributed by atoms with Crippen LogP contribution < -0.4 is 0 Å². The van der Waals surface area contributed by atoms with Crippen LogP contribution in [0.15, 0.2) is 66.0 Å². The SMILES string of the molecule is CCc1ccc(C#Cc2sc(C#Cc3sc(C#Cc4sc(C#Cc5sc(C#Cc6sc(C#Cc7sc(C#Cc8sc(C#Cc9sccc9CC)cc8CC)cc7CC)cc6CC)cc5CC)cc4CC)cc3CC)cc2CC)s1. The van der Waals surface area contributed by atoms with E-state index in [0.29, 0.717) is 0 Å². The van der Waals surface area contributed by atoms with Crippen molar-refractivity contribution in [1.29, 1.82) is 0 Å². The van der Waals surface area contributed by atoms with E-state index in [9.17, 15) is 0 Å². The highest BCUT2D eigenvalue weighted by atomic mass is 32.1. The summed E-state index contributed by atoms with van der Waals surface area (Å²) in [5, 5.41) is 2.13. The molecule has 0 aliphatic rings. The second kappa shape index (κ2) is 27.8. The Morgan fingerprint density at radius 3 is 0.696 bits per heavy atom. The smallest absolute Gasteiger partial charge is 0.0817 e. The predicted molar refractivity (Wildman–Crippen MR) is 351 cm³/mol. The molecule has 0 saturated heterocycles. The molecular formula is C70H56S9. The Bertz CT molecular complexity index is 4230. The highest BCUT2D eigenvalue weighted by Gasteiger charge is 2.12. The summed E-state index contributed by atoms with van der Waals surface area (Å²) < 4.78 is 0. The molecule has 0 N–H and O–H groups in total. The van der Waals surface area contributed by atoms with Gasteiger partial charge in [-0.3, -0.25) is 0 Å². The van der Waals surface area contributed by atoms with Gasteiger partial charge >= 0.3 is 0 Å². The standard InChI is InChI=1S/C70H56S9/c1-10-46-37-38-71-63(46)29-22-56-39-48(12-3)65(73-56)31-24-58-41-50(14-5)67(75-58)33-26-60-43-52(16-7)69(77-60)35-28-62-45-53(17-8)70(79-62)36-27-61-44-51(15-6)68(78-61)34-25-59-42-49(13-4)66(76-59)32-23-57-40-47(11-2)64(74-57)30-21-55-20-19-54(18-9)72-55/h19-20,37-45H,10-18H2,1-9H3. The van der Waals surface area contributed by atoms with Crippen molar-refractivity contribution in [2.24, 2.45) is 0 Å². The van der Waals surface area contributed by atoms with Crippen molar-refractivity contribution >= 4 is 102 Å². The zero-order valence-corrected chi connectivity index (χ0v) is 53.2. The molecule has 0 spiro atoms. The van der Waals surface area contributed by atoms with E-state index in [0.717, 1.165) is 136 Å². The van der Waals surface area contributed by atoms with Gasteiger partial charge in [-0.1, -0.05) is 62.3 Å². The summed E-state index contributed by atoms with van der Waals surface area (Å²) in [7, 11) is 0. The van der Waals surface area contributed by atoms with Gasteiger partial charge in [-0.2, -0.15) is 0 Å². The van der Waals surface area contributed by atoms with Crippen LogP contribution in [-0.4, -0.2) is 0 Å². The number of hydrogen-bond donors (Lipinski definition) is 0. The first-order chi connectivity index (χ1) is 38.6. The summed E-state index contributed by atoms with van der Waals surface area (Å²) in [4.78, 5) is 18.5. The third-order valence-corrected chi connectivity index (χ3v) is 21.9. The lowest BCUT2D eigenvalue weighted by Crippen LogP contribution is -1.79. The second-order valence-corrected chi connectivity index (χ2v) is 27.4. The van der Waals surface area contributed by atoms with Gasteiger partial charge in [0.25, 0.3) is 0 Å². The van der Waals surface area contributed by atoms with Crippen molar-refractivity contribution in [2.45, 2.75) is 120 Å². The number of rotatable bonds is 9. The van der Waals surface area contributed by atoms with Crippen molar-refractivity contribution in [3.05, 3.63) is 193 Å². The molecule has 0 aliphatic carbocycles. The molecule has 0 unspecified atom stereocenters. The molecular weight excluding hydrogens is 1130 g/mol. The highest BCUT2D eigenvalue weighted by molar-refractivity contribution is 7.16. The van der Waals surface area contributed by atoms with E-state index in [1.165, 1.54) is 49.4 Å². The van der Waals surface area contributed by atoms with Crippen LogP contribution in [0.4, 0.5) is 0 Å². The van der Waals surface area contributed by atoms with Crippen molar-refractivity contribution in [3.63, 3.8) is 0 Å². The first-order valence-electron chi connectivity index (χ1n) is 26.8. The zero-order valence-electron chi connectivity index (χ0n) is 45.9. The fraction of sp³-hybridized carbons (Fsp3) is 0.257. The molecule has 0 atom stereocenters. The number of thiophene rings is 9. The van der Waals surface area contributed by atoms with E-state index in [-0.39, 0.29) is 0 Å². The molecule has 0 bridgehead atoms. The van der Waals surface area contributed by atoms with E-state index in [4.69, 9.17) is 0 Å². The first kappa shape index (κ1) is 57.5. The average Bonchev–Trinajstić information content (AvgIpc) is 4.35. The third-order valence-electron chi connectivity index (χ3n) is 12.9. The normalized spacial score (nSPS) is 10.2. The summed E-state index contributed by atoms with van der Waals surface area (Å²) in [6.07, 6.45) is 8.40. The van der Waals surface area contributed by atoms with Crippen LogP contribution in [0.5, 0.6) is 0 Å². The molecule has 9 rings (SSSR count). The molecule has 0 fully saturated rings. The number of hydrogen-bond acceptors (Lipinski definition) is 9. The fourth-order valence-corrected chi connectivity index (χ4v) is 16.7. The quantitative estimate of drug-likeness (QED) is 0.126. The van der Waals surface area contributed by atoms with Gasteiger partial charge in [0.2, 0.25) is 0 Å². The molecule has 0 aromatic carbocycles. The Morgan fingerprint density at radius 1 is 0.228 bits per heavy atom. The fourth-order valence-electron chi connectivity index (χ4n) is 8.32. The van der Waals surface area contributed by atoms with Gasteiger partial charge in [0.1, 0.15) is 0 Å².